The molecule has 190 valence electrons. The van der Waals surface area contributed by atoms with Crippen molar-refractivity contribution in [3.05, 3.63) is 90.9 Å². The van der Waals surface area contributed by atoms with Crippen LogP contribution in [0.25, 0.3) is 6.08 Å². The lowest BCUT2D eigenvalue weighted by molar-refractivity contribution is -0.121. The number of thioether (sulfide) groups is 1. The van der Waals surface area contributed by atoms with Crippen molar-refractivity contribution in [2.45, 2.75) is 13.5 Å². The summed E-state index contributed by atoms with van der Waals surface area (Å²) in [6.07, 6.45) is 1.79. The van der Waals surface area contributed by atoms with E-state index in [4.69, 9.17) is 21.1 Å². The van der Waals surface area contributed by atoms with E-state index in [1.54, 1.807) is 25.3 Å². The van der Waals surface area contributed by atoms with Gasteiger partial charge in [0.25, 0.3) is 5.91 Å². The second-order valence-electron chi connectivity index (χ2n) is 7.90. The van der Waals surface area contributed by atoms with Gasteiger partial charge in [0.15, 0.2) is 16.7 Å². The lowest BCUT2D eigenvalue weighted by atomic mass is 10.1. The van der Waals surface area contributed by atoms with Crippen LogP contribution >= 0.6 is 46.0 Å². The van der Waals surface area contributed by atoms with Gasteiger partial charge >= 0.3 is 5.97 Å². The molecule has 3 aromatic rings. The first-order chi connectivity index (χ1) is 17.7. The first kappa shape index (κ1) is 27.0. The minimum atomic E-state index is -1.04. The average Bonchev–Trinajstić information content (AvgIpc) is 3.12. The maximum absolute atomic E-state index is 12.9. The molecule has 1 aliphatic heterocycles. The predicted molar refractivity (Wildman–Crippen MR) is 155 cm³/mol. The zero-order valence-corrected chi connectivity index (χ0v) is 23.6. The Balaban J connectivity index is 1.59. The molecule has 1 aliphatic rings. The third-order valence-electron chi connectivity index (χ3n) is 5.25. The number of likely N-dealkylation sites (N-methyl/N-ethyl adjacent to an activating group) is 1. The van der Waals surface area contributed by atoms with Gasteiger partial charge in [0.2, 0.25) is 0 Å². The minimum absolute atomic E-state index is 0.131. The van der Waals surface area contributed by atoms with Crippen LogP contribution < -0.4 is 9.47 Å². The molecule has 0 saturated carbocycles. The number of carboxylic acids is 1. The van der Waals surface area contributed by atoms with Crippen molar-refractivity contribution in [3.8, 4) is 11.5 Å². The van der Waals surface area contributed by atoms with Gasteiger partial charge in [0.05, 0.1) is 26.3 Å². The number of carbonyl (C=O) groups is 2. The molecule has 1 amide bonds. The largest absolute Gasteiger partial charge is 0.490 e. The maximum atomic E-state index is 12.9. The van der Waals surface area contributed by atoms with Crippen molar-refractivity contribution < 1.29 is 24.2 Å². The van der Waals surface area contributed by atoms with Gasteiger partial charge in [0, 0.05) is 12.1 Å². The van der Waals surface area contributed by atoms with E-state index in [2.05, 4.69) is 27.6 Å². The van der Waals surface area contributed by atoms with Gasteiger partial charge in [-0.05, 0) is 101 Å². The van der Waals surface area contributed by atoms with Crippen molar-refractivity contribution in [2.24, 2.45) is 4.99 Å². The van der Waals surface area contributed by atoms with Crippen LogP contribution in [0, 0.1) is 3.57 Å². The number of halogens is 2. The minimum Gasteiger partial charge on any atom is -0.490 e. The Morgan fingerprint density at radius 3 is 2.62 bits per heavy atom. The topological polar surface area (TPSA) is 88.4 Å². The highest BCUT2D eigenvalue weighted by Crippen LogP contribution is 2.38. The molecule has 1 saturated heterocycles. The number of amides is 1. The maximum Gasteiger partial charge on any atom is 0.335 e. The Hall–Kier alpha value is -3.02. The van der Waals surface area contributed by atoms with Crippen molar-refractivity contribution in [1.82, 2.24) is 4.90 Å². The Morgan fingerprint density at radius 2 is 1.92 bits per heavy atom. The summed E-state index contributed by atoms with van der Waals surface area (Å²) in [5.74, 6) is -0.0263. The lowest BCUT2D eigenvalue weighted by Crippen LogP contribution is -2.23. The third kappa shape index (κ3) is 6.65. The van der Waals surface area contributed by atoms with Crippen molar-refractivity contribution in [3.63, 3.8) is 0 Å². The fraction of sp³-hybridized carbons (Fsp3) is 0.148. The summed E-state index contributed by atoms with van der Waals surface area (Å²) in [6.45, 7) is 2.71. The summed E-state index contributed by atoms with van der Waals surface area (Å²) in [6, 6.07) is 17.5. The van der Waals surface area contributed by atoms with E-state index in [1.807, 2.05) is 43.3 Å². The van der Waals surface area contributed by atoms with Crippen LogP contribution in [0.4, 0.5) is 5.69 Å². The monoisotopic (exact) mass is 648 g/mol. The fourth-order valence-corrected chi connectivity index (χ4v) is 5.33. The number of carboxylic acid groups (broad SMARTS) is 1. The van der Waals surface area contributed by atoms with Crippen LogP contribution in [0.2, 0.25) is 5.02 Å². The van der Waals surface area contributed by atoms with Gasteiger partial charge in [0.1, 0.15) is 6.61 Å². The summed E-state index contributed by atoms with van der Waals surface area (Å²) in [7, 11) is 1.64. The molecule has 0 spiro atoms. The van der Waals surface area contributed by atoms with Gasteiger partial charge < -0.3 is 14.6 Å². The molecule has 1 fully saturated rings. The second kappa shape index (κ2) is 12.0. The summed E-state index contributed by atoms with van der Waals surface area (Å²) in [4.78, 5) is 30.6. The van der Waals surface area contributed by atoms with Crippen LogP contribution in [-0.4, -0.2) is 40.7 Å². The molecular weight excluding hydrogens is 627 g/mol. The van der Waals surface area contributed by atoms with Crippen LogP contribution in [-0.2, 0) is 11.4 Å². The van der Waals surface area contributed by atoms with Crippen LogP contribution in [0.15, 0.2) is 70.6 Å². The number of aromatic carboxylic acids is 1. The van der Waals surface area contributed by atoms with Gasteiger partial charge in [-0.15, -0.1) is 0 Å². The summed E-state index contributed by atoms with van der Waals surface area (Å²) in [5, 5.41) is 10.3. The summed E-state index contributed by atoms with van der Waals surface area (Å²) >= 11 is 9.39. The molecule has 4 rings (SSSR count). The first-order valence-corrected chi connectivity index (χ1v) is 13.5. The van der Waals surface area contributed by atoms with Crippen LogP contribution in [0.3, 0.4) is 0 Å². The van der Waals surface area contributed by atoms with Crippen LogP contribution in [0.5, 0.6) is 11.5 Å². The molecule has 7 nitrogen and oxygen atoms in total. The molecule has 0 atom stereocenters. The van der Waals surface area contributed by atoms with E-state index < -0.39 is 5.97 Å². The number of hydrogen-bond donors (Lipinski definition) is 1. The average molecular weight is 649 g/mol. The first-order valence-electron chi connectivity index (χ1n) is 11.2. The Kier molecular flexibility index (Phi) is 8.78. The number of nitrogens with zero attached hydrogens (tertiary/aromatic N) is 2. The zero-order chi connectivity index (χ0) is 26.5. The zero-order valence-electron chi connectivity index (χ0n) is 19.9. The second-order valence-corrected chi connectivity index (χ2v) is 10.5. The molecule has 10 heteroatoms. The highest BCUT2D eigenvalue weighted by atomic mass is 127. The Bertz CT molecular complexity index is 1410. The van der Waals surface area contributed by atoms with Crippen LogP contribution in [0.1, 0.15) is 28.4 Å². The lowest BCUT2D eigenvalue weighted by Gasteiger charge is -2.15. The fourth-order valence-electron chi connectivity index (χ4n) is 3.43. The molecule has 0 bridgehead atoms. The molecule has 3 aromatic carbocycles. The highest BCUT2D eigenvalue weighted by molar-refractivity contribution is 14.1. The molecular formula is C27H22ClIN2O5S. The third-order valence-corrected chi connectivity index (χ3v) is 7.36. The van der Waals surface area contributed by atoms with E-state index in [-0.39, 0.29) is 11.5 Å². The summed E-state index contributed by atoms with van der Waals surface area (Å²) < 4.78 is 12.8. The smallest absolute Gasteiger partial charge is 0.335 e. The summed E-state index contributed by atoms with van der Waals surface area (Å²) in [5.41, 5.74) is 2.35. The Morgan fingerprint density at radius 1 is 1.16 bits per heavy atom. The number of ether oxygens (including phenoxy) is 2. The molecule has 1 N–H and O–H groups in total. The van der Waals surface area contributed by atoms with Gasteiger partial charge in [-0.3, -0.25) is 9.69 Å². The standard InChI is InChI=1S/C27H22ClIN2O5S/c1-3-35-22-12-17(11-21(29)24(22)36-15-16-7-9-19(28)10-8-16)13-23-25(32)31(2)27(37-23)30-20-6-4-5-18(14-20)26(33)34/h4-14H,3,15H2,1-2H3,(H,33,34)/b23-13-,30-27?. The van der Waals surface area contributed by atoms with E-state index >= 15 is 0 Å². The van der Waals surface area contributed by atoms with Gasteiger partial charge in [-0.2, -0.15) is 0 Å². The van der Waals surface area contributed by atoms with Crippen molar-refractivity contribution in [2.75, 3.05) is 13.7 Å². The quantitative estimate of drug-likeness (QED) is 0.212. The SMILES string of the molecule is CCOc1cc(/C=C2\SC(=Nc3cccc(C(=O)O)c3)N(C)C2=O)cc(I)c1OCc1ccc(Cl)cc1. The number of carbonyl (C=O) groups excluding carboxylic acids is 1. The van der Waals surface area contributed by atoms with Crippen molar-refractivity contribution in [1.29, 1.82) is 0 Å². The van der Waals surface area contributed by atoms with E-state index in [0.717, 1.165) is 14.7 Å². The number of aliphatic imine (C=N–C) groups is 1. The number of hydrogen-bond acceptors (Lipinski definition) is 6. The Labute approximate surface area is 237 Å². The van der Waals surface area contributed by atoms with Gasteiger partial charge in [-0.1, -0.05) is 29.8 Å². The number of rotatable bonds is 8. The molecule has 37 heavy (non-hydrogen) atoms. The number of benzene rings is 3. The van der Waals surface area contributed by atoms with Gasteiger partial charge in [-0.25, -0.2) is 9.79 Å². The van der Waals surface area contributed by atoms with Crippen molar-refractivity contribution >= 4 is 74.8 Å². The molecule has 0 aliphatic carbocycles. The molecule has 0 aromatic heterocycles. The highest BCUT2D eigenvalue weighted by Gasteiger charge is 2.30. The number of amidine groups is 1. The predicted octanol–water partition coefficient (Wildman–Crippen LogP) is 6.85. The molecule has 0 unspecified atom stereocenters. The van der Waals surface area contributed by atoms with E-state index in [0.29, 0.717) is 45.5 Å². The van der Waals surface area contributed by atoms with E-state index in [9.17, 15) is 14.7 Å². The van der Waals surface area contributed by atoms with E-state index in [1.165, 1.54) is 28.8 Å². The molecule has 0 radical (unpaired) electrons. The molecule has 1 heterocycles. The normalized spacial score (nSPS) is 15.5.